The Bertz CT molecular complexity index is 1060. The van der Waals surface area contributed by atoms with Crippen LogP contribution in [0, 0.1) is 5.41 Å². The molecule has 2 aromatic carbocycles. The summed E-state index contributed by atoms with van der Waals surface area (Å²) in [6, 6.07) is 14.6. The van der Waals surface area contributed by atoms with Gasteiger partial charge in [0.05, 0.1) is 12.1 Å². The topological polar surface area (TPSA) is 49.8 Å². The molecule has 0 bridgehead atoms. The van der Waals surface area contributed by atoms with Gasteiger partial charge in [0.2, 0.25) is 0 Å². The summed E-state index contributed by atoms with van der Waals surface area (Å²) in [5, 5.41) is 9.49. The smallest absolute Gasteiger partial charge is 0.309 e. The van der Waals surface area contributed by atoms with Crippen molar-refractivity contribution in [2.24, 2.45) is 5.41 Å². The van der Waals surface area contributed by atoms with E-state index in [0.29, 0.717) is 12.8 Å². The highest BCUT2D eigenvalue weighted by atomic mass is 79.9. The Hall–Kier alpha value is -2.18. The number of carboxylic acids is 1. The highest BCUT2D eigenvalue weighted by Crippen LogP contribution is 2.40. The monoisotopic (exact) mass is 529 g/mol. The fraction of sp³-hybridized carbons (Fsp3) is 0.464. The van der Waals surface area contributed by atoms with Crippen molar-refractivity contribution in [1.82, 2.24) is 4.90 Å². The summed E-state index contributed by atoms with van der Waals surface area (Å²) in [6.45, 7) is 5.89. The average Bonchev–Trinajstić information content (AvgIpc) is 3.25. The molecule has 2 aromatic rings. The number of aliphatic carboxylic acids is 1. The zero-order chi connectivity index (χ0) is 24.3. The predicted molar refractivity (Wildman–Crippen MR) is 137 cm³/mol. The van der Waals surface area contributed by atoms with E-state index in [1.165, 1.54) is 21.2 Å². The van der Waals surface area contributed by atoms with E-state index >= 15 is 0 Å². The van der Waals surface area contributed by atoms with Gasteiger partial charge in [-0.05, 0) is 85.9 Å². The van der Waals surface area contributed by atoms with Crippen LogP contribution in [0.3, 0.4) is 0 Å². The number of hydrogen-bond donors (Lipinski definition) is 1. The average molecular weight is 530 g/mol. The van der Waals surface area contributed by atoms with Crippen molar-refractivity contribution >= 4 is 27.5 Å². The Morgan fingerprint density at radius 2 is 1.97 bits per heavy atom. The molecule has 1 atom stereocenters. The number of alkyl halides is 1. The number of rotatable bonds is 9. The molecule has 0 saturated carbocycles. The SMILES string of the molecule is CC(C)(Cc1ccc2c(c1)CCC(Br)=C2c1ccc(O[C@H]2CCN(CCCF)C2)cc1)C(=O)O. The number of fused-ring (bicyclic) bond motifs is 1. The van der Waals surface area contributed by atoms with Crippen LogP contribution < -0.4 is 4.74 Å². The first-order valence-electron chi connectivity index (χ1n) is 12.1. The molecule has 2 aliphatic rings. The summed E-state index contributed by atoms with van der Waals surface area (Å²) in [5.41, 5.74) is 5.05. The van der Waals surface area contributed by atoms with Crippen molar-refractivity contribution in [1.29, 1.82) is 0 Å². The Morgan fingerprint density at radius 1 is 1.21 bits per heavy atom. The van der Waals surface area contributed by atoms with Gasteiger partial charge >= 0.3 is 5.97 Å². The third-order valence-corrected chi connectivity index (χ3v) is 7.62. The van der Waals surface area contributed by atoms with E-state index in [1.54, 1.807) is 13.8 Å². The van der Waals surface area contributed by atoms with Crippen molar-refractivity contribution < 1.29 is 19.0 Å². The second-order valence-corrected chi connectivity index (χ2v) is 11.0. The number of hydrogen-bond acceptors (Lipinski definition) is 3. The molecule has 4 rings (SSSR count). The quantitative estimate of drug-likeness (QED) is 0.416. The van der Waals surface area contributed by atoms with E-state index in [0.717, 1.165) is 55.8 Å². The molecule has 1 aliphatic heterocycles. The van der Waals surface area contributed by atoms with Crippen LogP contribution in [-0.2, 0) is 17.6 Å². The fourth-order valence-corrected chi connectivity index (χ4v) is 5.53. The predicted octanol–water partition coefficient (Wildman–Crippen LogP) is 6.25. The maximum atomic E-state index is 12.4. The van der Waals surface area contributed by atoms with E-state index in [2.05, 4.69) is 51.2 Å². The zero-order valence-corrected chi connectivity index (χ0v) is 21.5. The number of aryl methyl sites for hydroxylation is 1. The second kappa shape index (κ2) is 10.6. The van der Waals surface area contributed by atoms with Crippen molar-refractivity contribution in [3.05, 3.63) is 69.2 Å². The first kappa shape index (κ1) is 24.9. The van der Waals surface area contributed by atoms with Crippen LogP contribution in [0.1, 0.15) is 55.4 Å². The third-order valence-electron chi connectivity index (χ3n) is 6.83. The summed E-state index contributed by atoms with van der Waals surface area (Å²) in [5.74, 6) is 0.0843. The Labute approximate surface area is 209 Å². The summed E-state index contributed by atoms with van der Waals surface area (Å²) in [7, 11) is 0. The minimum Gasteiger partial charge on any atom is -0.489 e. The minimum absolute atomic E-state index is 0.153. The lowest BCUT2D eigenvalue weighted by molar-refractivity contribution is -0.146. The number of allylic oxidation sites excluding steroid dienone is 1. The molecular weight excluding hydrogens is 497 g/mol. The Morgan fingerprint density at radius 3 is 2.68 bits per heavy atom. The van der Waals surface area contributed by atoms with Gasteiger partial charge in [-0.3, -0.25) is 14.1 Å². The van der Waals surface area contributed by atoms with E-state index < -0.39 is 11.4 Å². The van der Waals surface area contributed by atoms with E-state index in [9.17, 15) is 14.3 Å². The number of benzene rings is 2. The molecule has 1 heterocycles. The van der Waals surface area contributed by atoms with Gasteiger partial charge in [-0.1, -0.05) is 46.3 Å². The Balaban J connectivity index is 1.48. The summed E-state index contributed by atoms with van der Waals surface area (Å²) in [6.07, 6.45) is 4.07. The zero-order valence-electron chi connectivity index (χ0n) is 19.9. The van der Waals surface area contributed by atoms with Crippen LogP contribution in [-0.4, -0.2) is 48.4 Å². The molecule has 0 unspecified atom stereocenters. The highest BCUT2D eigenvalue weighted by molar-refractivity contribution is 9.11. The molecule has 1 saturated heterocycles. The summed E-state index contributed by atoms with van der Waals surface area (Å²) < 4.78 is 19.8. The number of likely N-dealkylation sites (tertiary alicyclic amines) is 1. The van der Waals surface area contributed by atoms with Gasteiger partial charge in [0.1, 0.15) is 11.9 Å². The standard InChI is InChI=1S/C28H33BrFNO3/c1-28(2,27(32)33)17-19-4-10-24-21(16-19)7-11-25(29)26(24)20-5-8-22(9-6-20)34-23-12-15-31(18-23)14-3-13-30/h4-6,8-10,16,23H,3,7,11-15,17-18H2,1-2H3,(H,32,33)/t23-/m0/s1. The van der Waals surface area contributed by atoms with Crippen LogP contribution in [0.2, 0.25) is 0 Å². The van der Waals surface area contributed by atoms with Crippen LogP contribution in [0.15, 0.2) is 46.9 Å². The lowest BCUT2D eigenvalue weighted by Gasteiger charge is -2.24. The molecule has 0 spiro atoms. The van der Waals surface area contributed by atoms with Gasteiger partial charge in [-0.25, -0.2) is 0 Å². The molecule has 4 nitrogen and oxygen atoms in total. The van der Waals surface area contributed by atoms with E-state index in [4.69, 9.17) is 4.74 Å². The summed E-state index contributed by atoms with van der Waals surface area (Å²) >= 11 is 3.80. The summed E-state index contributed by atoms with van der Waals surface area (Å²) in [4.78, 5) is 13.8. The Kier molecular flexibility index (Phi) is 7.78. The van der Waals surface area contributed by atoms with Crippen molar-refractivity contribution in [2.75, 3.05) is 26.3 Å². The van der Waals surface area contributed by atoms with Gasteiger partial charge in [-0.15, -0.1) is 0 Å². The molecule has 1 aliphatic carbocycles. The molecule has 0 aromatic heterocycles. The van der Waals surface area contributed by atoms with Crippen LogP contribution in [0.25, 0.3) is 5.57 Å². The van der Waals surface area contributed by atoms with Crippen molar-refractivity contribution in [2.45, 2.75) is 52.1 Å². The first-order valence-corrected chi connectivity index (χ1v) is 12.9. The number of halogens is 2. The maximum Gasteiger partial charge on any atom is 0.309 e. The number of carbonyl (C=O) groups is 1. The van der Waals surface area contributed by atoms with Gasteiger partial charge < -0.3 is 9.84 Å². The van der Waals surface area contributed by atoms with Gasteiger partial charge in [-0.2, -0.15) is 0 Å². The second-order valence-electron chi connectivity index (χ2n) is 10.0. The highest BCUT2D eigenvalue weighted by Gasteiger charge is 2.28. The van der Waals surface area contributed by atoms with Crippen LogP contribution in [0.4, 0.5) is 4.39 Å². The molecule has 182 valence electrons. The molecule has 34 heavy (non-hydrogen) atoms. The van der Waals surface area contributed by atoms with Gasteiger partial charge in [0, 0.05) is 24.1 Å². The third kappa shape index (κ3) is 5.72. The lowest BCUT2D eigenvalue weighted by Crippen LogP contribution is -2.26. The normalized spacial score (nSPS) is 18.8. The van der Waals surface area contributed by atoms with Gasteiger partial charge in [0.25, 0.3) is 0 Å². The maximum absolute atomic E-state index is 12.4. The van der Waals surface area contributed by atoms with E-state index in [-0.39, 0.29) is 12.8 Å². The van der Waals surface area contributed by atoms with Crippen molar-refractivity contribution in [3.63, 3.8) is 0 Å². The van der Waals surface area contributed by atoms with E-state index in [1.807, 2.05) is 12.1 Å². The number of ether oxygens (including phenoxy) is 1. The van der Waals surface area contributed by atoms with Gasteiger partial charge in [0.15, 0.2) is 0 Å². The largest absolute Gasteiger partial charge is 0.489 e. The minimum atomic E-state index is -0.790. The number of nitrogens with zero attached hydrogens (tertiary/aromatic N) is 1. The van der Waals surface area contributed by atoms with Crippen LogP contribution in [0.5, 0.6) is 5.75 Å². The van der Waals surface area contributed by atoms with Crippen LogP contribution >= 0.6 is 15.9 Å². The van der Waals surface area contributed by atoms with Crippen molar-refractivity contribution in [3.8, 4) is 5.75 Å². The number of carboxylic acid groups (broad SMARTS) is 1. The molecule has 0 radical (unpaired) electrons. The first-order chi connectivity index (χ1) is 16.3. The molecule has 0 amide bonds. The molecule has 1 fully saturated rings. The fourth-order valence-electron chi connectivity index (χ4n) is 4.89. The molecule has 6 heteroatoms. The lowest BCUT2D eigenvalue weighted by atomic mass is 9.82. The molecular formula is C28H33BrFNO3. The molecule has 1 N–H and O–H groups in total.